The predicted molar refractivity (Wildman–Crippen MR) is 151 cm³/mol. The normalized spacial score (nSPS) is 17.0. The fourth-order valence-electron chi connectivity index (χ4n) is 5.07. The molecule has 3 heterocycles. The number of rotatable bonds is 9. The maximum atomic E-state index is 12.5. The number of aryl methyl sites for hydroxylation is 1. The molecule has 0 radical (unpaired) electrons. The number of likely N-dealkylation sites (tertiary alicyclic amines) is 1. The minimum Gasteiger partial charge on any atom is -0.457 e. The molecule has 1 saturated heterocycles. The van der Waals surface area contributed by atoms with Gasteiger partial charge in [0.15, 0.2) is 0 Å². The van der Waals surface area contributed by atoms with Crippen LogP contribution in [0.5, 0.6) is 11.5 Å². The number of hydrogen-bond acceptors (Lipinski definition) is 7. The number of amides is 1. The van der Waals surface area contributed by atoms with Crippen molar-refractivity contribution >= 4 is 29.0 Å². The highest BCUT2D eigenvalue weighted by molar-refractivity contribution is 6.30. The van der Waals surface area contributed by atoms with E-state index in [4.69, 9.17) is 21.3 Å². The lowest BCUT2D eigenvalue weighted by atomic mass is 10.0. The first-order valence-corrected chi connectivity index (χ1v) is 13.7. The minimum absolute atomic E-state index is 0.0812. The fraction of sp³-hybridized carbons (Fsp3) is 0.414. The molecule has 3 aromatic rings. The summed E-state index contributed by atoms with van der Waals surface area (Å²) >= 11 is 6.10. The topological polar surface area (TPSA) is 73.8 Å². The van der Waals surface area contributed by atoms with Gasteiger partial charge in [-0.05, 0) is 63.6 Å². The number of ether oxygens (including phenoxy) is 1. The third kappa shape index (κ3) is 6.55. The third-order valence-electron chi connectivity index (χ3n) is 7.10. The molecule has 1 fully saturated rings. The van der Waals surface area contributed by atoms with Gasteiger partial charge in [-0.1, -0.05) is 23.7 Å². The van der Waals surface area contributed by atoms with Crippen LogP contribution in [0.25, 0.3) is 0 Å². The zero-order chi connectivity index (χ0) is 26.5. The summed E-state index contributed by atoms with van der Waals surface area (Å²) < 4.78 is 6.02. The van der Waals surface area contributed by atoms with Crippen LogP contribution < -0.4 is 15.0 Å². The van der Waals surface area contributed by atoms with E-state index in [9.17, 15) is 4.79 Å². The van der Waals surface area contributed by atoms with Crippen LogP contribution in [0, 0.1) is 6.92 Å². The fourth-order valence-corrected chi connectivity index (χ4v) is 5.25. The van der Waals surface area contributed by atoms with E-state index in [1.807, 2.05) is 67.5 Å². The molecule has 8 nitrogen and oxygen atoms in total. The molecule has 200 valence electrons. The Balaban J connectivity index is 1.23. The molecule has 1 atom stereocenters. The van der Waals surface area contributed by atoms with Crippen LogP contribution >= 0.6 is 11.6 Å². The number of nitrogens with one attached hydrogen (secondary N) is 1. The van der Waals surface area contributed by atoms with Crippen molar-refractivity contribution < 1.29 is 9.53 Å². The summed E-state index contributed by atoms with van der Waals surface area (Å²) in [5.74, 6) is 3.38. The summed E-state index contributed by atoms with van der Waals surface area (Å²) in [7, 11) is 2.02. The van der Waals surface area contributed by atoms with E-state index in [1.54, 1.807) is 6.07 Å². The maximum Gasteiger partial charge on any atom is 0.236 e. The van der Waals surface area contributed by atoms with Crippen molar-refractivity contribution in [3.63, 3.8) is 0 Å². The van der Waals surface area contributed by atoms with E-state index in [0.29, 0.717) is 17.3 Å². The van der Waals surface area contributed by atoms with Gasteiger partial charge in [-0.15, -0.1) is 0 Å². The van der Waals surface area contributed by atoms with Gasteiger partial charge in [0, 0.05) is 61.3 Å². The molecule has 2 aliphatic heterocycles. The minimum atomic E-state index is 0.0812. The van der Waals surface area contributed by atoms with E-state index in [0.717, 1.165) is 80.6 Å². The van der Waals surface area contributed by atoms with Gasteiger partial charge in [0.1, 0.15) is 23.1 Å². The van der Waals surface area contributed by atoms with Gasteiger partial charge in [0.2, 0.25) is 5.91 Å². The van der Waals surface area contributed by atoms with Crippen molar-refractivity contribution in [2.75, 3.05) is 56.5 Å². The third-order valence-corrected chi connectivity index (χ3v) is 7.34. The number of carbonyl (C=O) groups is 1. The first-order valence-electron chi connectivity index (χ1n) is 13.3. The summed E-state index contributed by atoms with van der Waals surface area (Å²) in [6.45, 7) is 6.65. The predicted octanol–water partition coefficient (Wildman–Crippen LogP) is 5.15. The van der Waals surface area contributed by atoms with E-state index in [2.05, 4.69) is 20.1 Å². The van der Waals surface area contributed by atoms with Gasteiger partial charge < -0.3 is 19.9 Å². The molecule has 2 aliphatic rings. The average molecular weight is 535 g/mol. The molecule has 9 heteroatoms. The molecular weight excluding hydrogens is 500 g/mol. The van der Waals surface area contributed by atoms with Gasteiger partial charge >= 0.3 is 0 Å². The summed E-state index contributed by atoms with van der Waals surface area (Å²) in [5.41, 5.74) is 2.05. The summed E-state index contributed by atoms with van der Waals surface area (Å²) in [4.78, 5) is 28.3. The van der Waals surface area contributed by atoms with Crippen molar-refractivity contribution in [2.45, 2.75) is 32.2 Å². The van der Waals surface area contributed by atoms with Crippen LogP contribution in [0.4, 0.5) is 11.5 Å². The Morgan fingerprint density at radius 1 is 1.13 bits per heavy atom. The molecule has 1 unspecified atom stereocenters. The molecule has 1 amide bonds. The van der Waals surface area contributed by atoms with Crippen molar-refractivity contribution in [3.05, 3.63) is 71.1 Å². The lowest BCUT2D eigenvalue weighted by Crippen LogP contribution is -2.42. The lowest BCUT2D eigenvalue weighted by Gasteiger charge is -2.36. The number of halogens is 1. The van der Waals surface area contributed by atoms with Crippen LogP contribution in [-0.2, 0) is 4.79 Å². The molecule has 1 aromatic heterocycles. The van der Waals surface area contributed by atoms with Gasteiger partial charge in [-0.2, -0.15) is 0 Å². The van der Waals surface area contributed by atoms with E-state index >= 15 is 0 Å². The first-order chi connectivity index (χ1) is 18.4. The van der Waals surface area contributed by atoms with Crippen LogP contribution in [0.2, 0.25) is 5.02 Å². The number of carbonyl (C=O) groups excluding carboxylic acids is 1. The van der Waals surface area contributed by atoms with Crippen LogP contribution in [-0.4, -0.2) is 72.0 Å². The maximum absolute atomic E-state index is 12.5. The average Bonchev–Trinajstić information content (AvgIpc) is 3.44. The molecule has 1 N–H and O–H groups in total. The quantitative estimate of drug-likeness (QED) is 0.407. The van der Waals surface area contributed by atoms with Crippen molar-refractivity contribution in [1.82, 2.24) is 19.8 Å². The van der Waals surface area contributed by atoms with Crippen molar-refractivity contribution in [2.24, 2.45) is 0 Å². The Labute approximate surface area is 229 Å². The molecule has 0 spiro atoms. The van der Waals surface area contributed by atoms with Crippen LogP contribution in [0.1, 0.15) is 36.7 Å². The summed E-state index contributed by atoms with van der Waals surface area (Å²) in [6, 6.07) is 15.4. The standard InChI is InChI=1S/C29H35ClN6O2/c1-21-31-19-26-27(33-23-8-6-10-25(18-23)38-24-9-5-7-22(30)17-24)11-14-36(29(26)32-21)16-15-34(2)20-28(37)35-12-3-4-13-35/h5-10,17-19,27,33H,3-4,11-16,20H2,1-2H3. The highest BCUT2D eigenvalue weighted by Crippen LogP contribution is 2.35. The van der Waals surface area contributed by atoms with Gasteiger partial charge in [-0.3, -0.25) is 9.69 Å². The van der Waals surface area contributed by atoms with Crippen molar-refractivity contribution in [1.29, 1.82) is 0 Å². The zero-order valence-electron chi connectivity index (χ0n) is 22.1. The van der Waals surface area contributed by atoms with Gasteiger partial charge in [0.05, 0.1) is 12.6 Å². The molecule has 2 aromatic carbocycles. The number of likely N-dealkylation sites (N-methyl/N-ethyl adjacent to an activating group) is 1. The second-order valence-electron chi connectivity index (χ2n) is 10.1. The number of aromatic nitrogens is 2. The molecule has 5 rings (SSSR count). The Hall–Kier alpha value is -3.36. The Bertz CT molecular complexity index is 1270. The SMILES string of the molecule is Cc1ncc2c(n1)N(CCN(C)CC(=O)N1CCCC1)CCC2Nc1cccc(Oc2cccc(Cl)c2)c1. The monoisotopic (exact) mass is 534 g/mol. The first kappa shape index (κ1) is 26.3. The highest BCUT2D eigenvalue weighted by Gasteiger charge is 2.28. The number of benzene rings is 2. The zero-order valence-corrected chi connectivity index (χ0v) is 22.8. The van der Waals surface area contributed by atoms with Gasteiger partial charge in [-0.25, -0.2) is 9.97 Å². The molecule has 38 heavy (non-hydrogen) atoms. The Morgan fingerprint density at radius 3 is 2.68 bits per heavy atom. The second-order valence-corrected chi connectivity index (χ2v) is 10.5. The van der Waals surface area contributed by atoms with Crippen LogP contribution in [0.3, 0.4) is 0 Å². The number of hydrogen-bond donors (Lipinski definition) is 1. The van der Waals surface area contributed by atoms with Crippen molar-refractivity contribution in [3.8, 4) is 11.5 Å². The van der Waals surface area contributed by atoms with E-state index in [1.165, 1.54) is 0 Å². The number of anilines is 2. The summed E-state index contributed by atoms with van der Waals surface area (Å²) in [5, 5.41) is 4.30. The number of nitrogens with zero attached hydrogens (tertiary/aromatic N) is 5. The van der Waals surface area contributed by atoms with E-state index in [-0.39, 0.29) is 11.9 Å². The Morgan fingerprint density at radius 2 is 1.89 bits per heavy atom. The molecule has 0 aliphatic carbocycles. The molecule has 0 bridgehead atoms. The Kier molecular flexibility index (Phi) is 8.29. The second kappa shape index (κ2) is 12.0. The smallest absolute Gasteiger partial charge is 0.236 e. The largest absolute Gasteiger partial charge is 0.457 e. The highest BCUT2D eigenvalue weighted by atomic mass is 35.5. The molecular formula is C29H35ClN6O2. The molecule has 0 saturated carbocycles. The van der Waals surface area contributed by atoms with Gasteiger partial charge in [0.25, 0.3) is 0 Å². The number of fused-ring (bicyclic) bond motifs is 1. The summed E-state index contributed by atoms with van der Waals surface area (Å²) in [6.07, 6.45) is 5.09. The van der Waals surface area contributed by atoms with Crippen LogP contribution in [0.15, 0.2) is 54.7 Å². The lowest BCUT2D eigenvalue weighted by molar-refractivity contribution is -0.131. The van der Waals surface area contributed by atoms with E-state index < -0.39 is 0 Å².